The highest BCUT2D eigenvalue weighted by Crippen LogP contribution is 2.15. The minimum atomic E-state index is 0.235. The molecule has 0 saturated heterocycles. The third-order valence-corrected chi connectivity index (χ3v) is 2.82. The lowest BCUT2D eigenvalue weighted by atomic mass is 10.2. The monoisotopic (exact) mass is 279 g/mol. The molecule has 1 aromatic carbocycles. The molecule has 6 nitrogen and oxygen atoms in total. The van der Waals surface area contributed by atoms with Gasteiger partial charge in [0.2, 0.25) is 5.89 Å². The fourth-order valence-corrected chi connectivity index (χ4v) is 1.82. The molecule has 0 unspecified atom stereocenters. The van der Waals surface area contributed by atoms with Crippen LogP contribution in [0.2, 0.25) is 0 Å². The van der Waals surface area contributed by atoms with Gasteiger partial charge in [0.1, 0.15) is 17.4 Å². The van der Waals surface area contributed by atoms with Gasteiger partial charge >= 0.3 is 0 Å². The molecule has 0 aliphatic heterocycles. The number of aryl methyl sites for hydroxylation is 1. The van der Waals surface area contributed by atoms with Crippen LogP contribution in [0.4, 0.5) is 0 Å². The summed E-state index contributed by atoms with van der Waals surface area (Å²) in [6, 6.07) is 11.2. The van der Waals surface area contributed by atoms with E-state index in [0.717, 1.165) is 11.1 Å². The minimum absolute atomic E-state index is 0.235. The summed E-state index contributed by atoms with van der Waals surface area (Å²) >= 11 is 0. The summed E-state index contributed by atoms with van der Waals surface area (Å²) in [6.07, 6.45) is 3.07. The summed E-state index contributed by atoms with van der Waals surface area (Å²) in [6.45, 7) is 2.00. The molecule has 3 aromatic rings. The molecule has 104 valence electrons. The van der Waals surface area contributed by atoms with E-state index in [9.17, 15) is 0 Å². The normalized spacial score (nSPS) is 12.3. The molecule has 0 amide bonds. The first kappa shape index (κ1) is 13.0. The second kappa shape index (κ2) is 5.54. The van der Waals surface area contributed by atoms with E-state index in [2.05, 4.69) is 20.2 Å². The third kappa shape index (κ3) is 2.94. The topological polar surface area (TPSA) is 89.7 Å². The van der Waals surface area contributed by atoms with Crippen LogP contribution >= 0.6 is 0 Å². The zero-order chi connectivity index (χ0) is 14.7. The number of rotatable bonds is 3. The molecule has 0 aliphatic carbocycles. The Balaban J connectivity index is 1.81. The van der Waals surface area contributed by atoms with Crippen LogP contribution in [0.15, 0.2) is 57.2 Å². The summed E-state index contributed by atoms with van der Waals surface area (Å²) in [5.41, 5.74) is 8.97. The lowest BCUT2D eigenvalue weighted by Crippen LogP contribution is -2.14. The fraction of sp³-hybridized carbons (Fsp3) is 0.0667. The maximum absolute atomic E-state index is 5.78. The maximum atomic E-state index is 5.78. The van der Waals surface area contributed by atoms with E-state index in [-0.39, 0.29) is 5.84 Å². The first-order valence-corrected chi connectivity index (χ1v) is 6.37. The lowest BCUT2D eigenvalue weighted by molar-refractivity contribution is 0.593. The number of amidine groups is 1. The van der Waals surface area contributed by atoms with Crippen LogP contribution in [-0.2, 0) is 0 Å². The maximum Gasteiger partial charge on any atom is 0.240 e. The van der Waals surface area contributed by atoms with E-state index < -0.39 is 0 Å². The van der Waals surface area contributed by atoms with Gasteiger partial charge in [0.05, 0.1) is 0 Å². The molecular weight excluding hydrogens is 266 g/mol. The van der Waals surface area contributed by atoms with Gasteiger partial charge in [-0.3, -0.25) is 4.98 Å². The molecule has 6 heteroatoms. The number of benzene rings is 1. The van der Waals surface area contributed by atoms with Gasteiger partial charge < -0.3 is 10.2 Å². The number of nitrogens with zero attached hydrogens (tertiary/aromatic N) is 4. The fourth-order valence-electron chi connectivity index (χ4n) is 1.82. The van der Waals surface area contributed by atoms with E-state index in [0.29, 0.717) is 17.2 Å². The molecule has 2 N–H and O–H groups in total. The Kier molecular flexibility index (Phi) is 3.42. The molecule has 0 aliphatic rings. The standard InChI is InChI=1S/C15H13N5O/c1-10-5-6-13-12(8-10)19-14(21-13)9-18-20-15(16)11-4-2-3-7-17-11/h2-9H,1H3,(H2,16,20)/b18-9+. The van der Waals surface area contributed by atoms with Crippen LogP contribution < -0.4 is 5.73 Å². The summed E-state index contributed by atoms with van der Waals surface area (Å²) in [7, 11) is 0. The number of pyridine rings is 1. The number of fused-ring (bicyclic) bond motifs is 1. The van der Waals surface area contributed by atoms with Gasteiger partial charge in [-0.1, -0.05) is 12.1 Å². The van der Waals surface area contributed by atoms with Crippen molar-refractivity contribution in [3.05, 3.63) is 59.7 Å². The number of oxazole rings is 1. The molecule has 0 radical (unpaired) electrons. The van der Waals surface area contributed by atoms with Crippen molar-refractivity contribution >= 4 is 23.1 Å². The lowest BCUT2D eigenvalue weighted by Gasteiger charge is -1.94. The Labute approximate surface area is 121 Å². The Morgan fingerprint density at radius 3 is 3.00 bits per heavy atom. The zero-order valence-electron chi connectivity index (χ0n) is 11.4. The van der Waals surface area contributed by atoms with Crippen LogP contribution in [0.5, 0.6) is 0 Å². The molecule has 2 heterocycles. The predicted molar refractivity (Wildman–Crippen MR) is 81.3 cm³/mol. The van der Waals surface area contributed by atoms with Crippen LogP contribution in [-0.4, -0.2) is 22.0 Å². The first-order chi connectivity index (χ1) is 10.2. The molecule has 2 aromatic heterocycles. The number of nitrogens with two attached hydrogens (primary N) is 1. The van der Waals surface area contributed by atoms with E-state index in [4.69, 9.17) is 10.2 Å². The van der Waals surface area contributed by atoms with Gasteiger partial charge in [-0.25, -0.2) is 4.98 Å². The highest BCUT2D eigenvalue weighted by Gasteiger charge is 2.03. The second-order valence-corrected chi connectivity index (χ2v) is 4.47. The molecule has 0 saturated carbocycles. The van der Waals surface area contributed by atoms with Crippen molar-refractivity contribution in [2.24, 2.45) is 15.9 Å². The van der Waals surface area contributed by atoms with Gasteiger partial charge in [-0.2, -0.15) is 5.10 Å². The smallest absolute Gasteiger partial charge is 0.240 e. The largest absolute Gasteiger partial charge is 0.435 e. The Morgan fingerprint density at radius 2 is 2.19 bits per heavy atom. The average molecular weight is 279 g/mol. The summed E-state index contributed by atoms with van der Waals surface area (Å²) < 4.78 is 5.52. The number of hydrogen-bond donors (Lipinski definition) is 1. The van der Waals surface area contributed by atoms with Crippen LogP contribution in [0.1, 0.15) is 17.1 Å². The molecule has 0 fully saturated rings. The van der Waals surface area contributed by atoms with Crippen molar-refractivity contribution in [1.82, 2.24) is 9.97 Å². The van der Waals surface area contributed by atoms with Gasteiger partial charge in [0.15, 0.2) is 11.4 Å². The number of hydrogen-bond acceptors (Lipinski definition) is 5. The van der Waals surface area contributed by atoms with E-state index in [1.165, 1.54) is 6.21 Å². The van der Waals surface area contributed by atoms with Gasteiger partial charge in [-0.05, 0) is 36.8 Å². The first-order valence-electron chi connectivity index (χ1n) is 6.37. The molecular formula is C15H13N5O. The van der Waals surface area contributed by atoms with Crippen molar-refractivity contribution in [3.63, 3.8) is 0 Å². The summed E-state index contributed by atoms with van der Waals surface area (Å²) in [5, 5.41) is 7.76. The Bertz CT molecular complexity index is 820. The summed E-state index contributed by atoms with van der Waals surface area (Å²) in [4.78, 5) is 8.38. The molecule has 0 atom stereocenters. The van der Waals surface area contributed by atoms with Crippen molar-refractivity contribution in [3.8, 4) is 0 Å². The molecule has 3 rings (SSSR count). The summed E-state index contributed by atoms with van der Waals surface area (Å²) in [5.74, 6) is 0.618. The predicted octanol–water partition coefficient (Wildman–Crippen LogP) is 2.27. The molecule has 0 spiro atoms. The average Bonchev–Trinajstić information content (AvgIpc) is 2.89. The van der Waals surface area contributed by atoms with Crippen LogP contribution in [0.3, 0.4) is 0 Å². The van der Waals surface area contributed by atoms with Crippen LogP contribution in [0.25, 0.3) is 11.1 Å². The molecule has 0 bridgehead atoms. The number of aromatic nitrogens is 2. The Morgan fingerprint density at radius 1 is 1.29 bits per heavy atom. The van der Waals surface area contributed by atoms with E-state index >= 15 is 0 Å². The zero-order valence-corrected chi connectivity index (χ0v) is 11.4. The van der Waals surface area contributed by atoms with Crippen molar-refractivity contribution in [1.29, 1.82) is 0 Å². The van der Waals surface area contributed by atoms with Crippen molar-refractivity contribution < 1.29 is 4.42 Å². The van der Waals surface area contributed by atoms with E-state index in [1.54, 1.807) is 18.3 Å². The molecule has 21 heavy (non-hydrogen) atoms. The van der Waals surface area contributed by atoms with Crippen molar-refractivity contribution in [2.75, 3.05) is 0 Å². The van der Waals surface area contributed by atoms with E-state index in [1.807, 2.05) is 31.2 Å². The van der Waals surface area contributed by atoms with Crippen LogP contribution in [0, 0.1) is 6.92 Å². The van der Waals surface area contributed by atoms with Crippen molar-refractivity contribution in [2.45, 2.75) is 6.92 Å². The second-order valence-electron chi connectivity index (χ2n) is 4.47. The van der Waals surface area contributed by atoms with Gasteiger partial charge in [0, 0.05) is 6.20 Å². The highest BCUT2D eigenvalue weighted by atomic mass is 16.3. The highest BCUT2D eigenvalue weighted by molar-refractivity contribution is 5.95. The third-order valence-electron chi connectivity index (χ3n) is 2.82. The van der Waals surface area contributed by atoms with Gasteiger partial charge in [0.25, 0.3) is 0 Å². The van der Waals surface area contributed by atoms with Gasteiger partial charge in [-0.15, -0.1) is 5.10 Å². The SMILES string of the molecule is Cc1ccc2oc(/C=N/N=C(\N)c3ccccn3)nc2c1. The Hall–Kier alpha value is -3.02. The quantitative estimate of drug-likeness (QED) is 0.452. The minimum Gasteiger partial charge on any atom is -0.435 e.